The fourth-order valence-corrected chi connectivity index (χ4v) is 4.06. The zero-order chi connectivity index (χ0) is 22.4. The van der Waals surface area contributed by atoms with Crippen LogP contribution in [0.25, 0.3) is 0 Å². The number of hydrogen-bond acceptors (Lipinski definition) is 5. The summed E-state index contributed by atoms with van der Waals surface area (Å²) in [6.45, 7) is 5.69. The van der Waals surface area contributed by atoms with Crippen molar-refractivity contribution in [2.24, 2.45) is 0 Å². The van der Waals surface area contributed by atoms with Crippen LogP contribution in [0.2, 0.25) is 0 Å². The zero-order valence-electron chi connectivity index (χ0n) is 18.0. The van der Waals surface area contributed by atoms with E-state index in [1.165, 1.54) is 11.8 Å². The lowest BCUT2D eigenvalue weighted by Crippen LogP contribution is -2.18. The van der Waals surface area contributed by atoms with E-state index in [2.05, 4.69) is 15.6 Å². The molecule has 2 amide bonds. The van der Waals surface area contributed by atoms with E-state index < -0.39 is 0 Å². The average molecular weight is 436 g/mol. The van der Waals surface area contributed by atoms with Crippen molar-refractivity contribution in [2.45, 2.75) is 25.8 Å². The van der Waals surface area contributed by atoms with Gasteiger partial charge < -0.3 is 15.4 Å². The molecule has 1 heterocycles. The summed E-state index contributed by atoms with van der Waals surface area (Å²) in [5.41, 5.74) is 4.46. The number of pyridine rings is 1. The first kappa shape index (κ1) is 22.4. The molecule has 0 unspecified atom stereocenters. The summed E-state index contributed by atoms with van der Waals surface area (Å²) in [4.78, 5) is 30.0. The minimum absolute atomic E-state index is 0.123. The zero-order valence-corrected chi connectivity index (χ0v) is 18.8. The highest BCUT2D eigenvalue weighted by atomic mass is 32.2. The number of carbonyl (C=O) groups is 2. The minimum atomic E-state index is -0.241. The maximum atomic E-state index is 13.0. The number of anilines is 2. The lowest BCUT2D eigenvalue weighted by Gasteiger charge is -2.14. The van der Waals surface area contributed by atoms with Gasteiger partial charge in [0.05, 0.1) is 18.4 Å². The van der Waals surface area contributed by atoms with Crippen LogP contribution in [0.1, 0.15) is 27.2 Å². The summed E-state index contributed by atoms with van der Waals surface area (Å²) in [5.74, 6) is 0.355. The van der Waals surface area contributed by atoms with Gasteiger partial charge in [-0.25, -0.2) is 4.98 Å². The maximum absolute atomic E-state index is 13.0. The Hall–Kier alpha value is -3.32. The molecule has 1 aromatic heterocycles. The molecule has 0 spiro atoms. The van der Waals surface area contributed by atoms with Gasteiger partial charge in [-0.05, 0) is 56.2 Å². The number of aromatic nitrogens is 1. The first-order valence-electron chi connectivity index (χ1n) is 9.79. The highest BCUT2D eigenvalue weighted by Gasteiger charge is 2.19. The van der Waals surface area contributed by atoms with Crippen LogP contribution in [0.4, 0.5) is 11.4 Å². The van der Waals surface area contributed by atoms with Crippen molar-refractivity contribution >= 4 is 35.0 Å². The summed E-state index contributed by atoms with van der Waals surface area (Å²) in [6.07, 6.45) is 0. The van der Waals surface area contributed by atoms with E-state index in [4.69, 9.17) is 4.74 Å². The number of methoxy groups -OCH3 is 1. The van der Waals surface area contributed by atoms with Gasteiger partial charge in [0.25, 0.3) is 5.91 Å². The van der Waals surface area contributed by atoms with Gasteiger partial charge in [0.2, 0.25) is 5.91 Å². The van der Waals surface area contributed by atoms with Gasteiger partial charge >= 0.3 is 0 Å². The number of benzene rings is 2. The first-order chi connectivity index (χ1) is 14.9. The molecule has 0 aliphatic rings. The van der Waals surface area contributed by atoms with Gasteiger partial charge in [0.1, 0.15) is 10.8 Å². The number of nitrogens with zero attached hydrogens (tertiary/aromatic N) is 1. The number of nitrogens with one attached hydrogen (secondary N) is 2. The lowest BCUT2D eigenvalue weighted by atomic mass is 10.1. The number of aryl methyl sites for hydroxylation is 3. The maximum Gasteiger partial charge on any atom is 0.258 e. The Kier molecular flexibility index (Phi) is 7.31. The van der Waals surface area contributed by atoms with Crippen molar-refractivity contribution in [2.75, 3.05) is 23.5 Å². The Morgan fingerprint density at radius 1 is 0.968 bits per heavy atom. The molecule has 2 aromatic carbocycles. The molecular formula is C24H25N3O3S. The predicted molar refractivity (Wildman–Crippen MR) is 125 cm³/mol. The van der Waals surface area contributed by atoms with Crippen LogP contribution in [0, 0.1) is 20.8 Å². The van der Waals surface area contributed by atoms with E-state index in [0.717, 1.165) is 22.5 Å². The minimum Gasteiger partial charge on any atom is -0.497 e. The molecule has 2 N–H and O–H groups in total. The fourth-order valence-electron chi connectivity index (χ4n) is 3.11. The van der Waals surface area contributed by atoms with Crippen LogP contribution < -0.4 is 15.4 Å². The predicted octanol–water partition coefficient (Wildman–Crippen LogP) is 5.00. The van der Waals surface area contributed by atoms with Crippen molar-refractivity contribution in [1.29, 1.82) is 0 Å². The van der Waals surface area contributed by atoms with E-state index in [0.29, 0.717) is 22.0 Å². The monoisotopic (exact) mass is 435 g/mol. The lowest BCUT2D eigenvalue weighted by molar-refractivity contribution is -0.113. The van der Waals surface area contributed by atoms with E-state index in [9.17, 15) is 9.59 Å². The average Bonchev–Trinajstić information content (AvgIpc) is 2.73. The second kappa shape index (κ2) is 10.1. The van der Waals surface area contributed by atoms with Crippen LogP contribution >= 0.6 is 11.8 Å². The summed E-state index contributed by atoms with van der Waals surface area (Å²) in [7, 11) is 1.58. The molecule has 0 aliphatic heterocycles. The molecule has 160 valence electrons. The number of rotatable bonds is 7. The van der Waals surface area contributed by atoms with Crippen LogP contribution in [0.5, 0.6) is 5.75 Å². The third-order valence-corrected chi connectivity index (χ3v) is 5.60. The molecule has 0 aliphatic carbocycles. The Balaban J connectivity index is 1.75. The van der Waals surface area contributed by atoms with E-state index in [1.54, 1.807) is 25.3 Å². The SMILES string of the molecule is COc1cccc(NC(=O)CSc2nc(C)cc(C)c2C(=O)Nc2ccccc2C)c1. The molecule has 0 radical (unpaired) electrons. The van der Waals surface area contributed by atoms with Crippen LogP contribution in [0.3, 0.4) is 0 Å². The van der Waals surface area contributed by atoms with E-state index in [-0.39, 0.29) is 17.6 Å². The van der Waals surface area contributed by atoms with Crippen molar-refractivity contribution in [3.8, 4) is 5.75 Å². The molecule has 0 bridgehead atoms. The van der Waals surface area contributed by atoms with Crippen LogP contribution in [-0.2, 0) is 4.79 Å². The largest absolute Gasteiger partial charge is 0.497 e. The highest BCUT2D eigenvalue weighted by Crippen LogP contribution is 2.26. The topological polar surface area (TPSA) is 80.3 Å². The third kappa shape index (κ3) is 5.86. The van der Waals surface area contributed by atoms with Gasteiger partial charge in [-0.3, -0.25) is 9.59 Å². The second-order valence-electron chi connectivity index (χ2n) is 7.10. The summed E-state index contributed by atoms with van der Waals surface area (Å²) < 4.78 is 5.18. The number of hydrogen-bond donors (Lipinski definition) is 2. The smallest absolute Gasteiger partial charge is 0.258 e. The fraction of sp³-hybridized carbons (Fsp3) is 0.208. The first-order valence-corrected chi connectivity index (χ1v) is 10.8. The van der Waals surface area contributed by atoms with Crippen molar-refractivity contribution in [3.63, 3.8) is 0 Å². The molecule has 7 heteroatoms. The quantitative estimate of drug-likeness (QED) is 0.511. The number of amides is 2. The van der Waals surface area contributed by atoms with E-state index in [1.807, 2.05) is 57.2 Å². The van der Waals surface area contributed by atoms with Crippen LogP contribution in [-0.4, -0.2) is 29.7 Å². The van der Waals surface area contributed by atoms with Crippen molar-refractivity contribution < 1.29 is 14.3 Å². The van der Waals surface area contributed by atoms with Crippen molar-refractivity contribution in [3.05, 3.63) is 77.0 Å². The molecule has 0 saturated carbocycles. The number of thioether (sulfide) groups is 1. The van der Waals surface area contributed by atoms with Gasteiger partial charge in [0, 0.05) is 23.1 Å². The Morgan fingerprint density at radius 3 is 2.48 bits per heavy atom. The van der Waals surface area contributed by atoms with Gasteiger partial charge in [-0.1, -0.05) is 36.0 Å². The number of ether oxygens (including phenoxy) is 1. The Morgan fingerprint density at radius 2 is 1.74 bits per heavy atom. The molecule has 0 atom stereocenters. The van der Waals surface area contributed by atoms with E-state index >= 15 is 0 Å². The van der Waals surface area contributed by atoms with Gasteiger partial charge in [-0.2, -0.15) is 0 Å². The number of para-hydroxylation sites is 1. The number of carbonyl (C=O) groups excluding carboxylic acids is 2. The molecule has 6 nitrogen and oxygen atoms in total. The molecular weight excluding hydrogens is 410 g/mol. The summed E-state index contributed by atoms with van der Waals surface area (Å²) >= 11 is 1.24. The molecule has 0 saturated heterocycles. The van der Waals surface area contributed by atoms with Crippen LogP contribution in [0.15, 0.2) is 59.6 Å². The standard InChI is InChI=1S/C24H25N3O3S/c1-15-8-5-6-11-20(15)27-23(29)22-16(2)12-17(3)25-24(22)31-14-21(28)26-18-9-7-10-19(13-18)30-4/h5-13H,14H2,1-4H3,(H,26,28)(H,27,29). The van der Waals surface area contributed by atoms with Gasteiger partial charge in [0.15, 0.2) is 0 Å². The molecule has 0 fully saturated rings. The Bertz CT molecular complexity index is 1110. The normalized spacial score (nSPS) is 10.5. The van der Waals surface area contributed by atoms with Gasteiger partial charge in [-0.15, -0.1) is 0 Å². The highest BCUT2D eigenvalue weighted by molar-refractivity contribution is 8.00. The summed E-state index contributed by atoms with van der Waals surface area (Å²) in [6, 6.07) is 16.6. The molecule has 3 rings (SSSR count). The summed E-state index contributed by atoms with van der Waals surface area (Å²) in [5, 5.41) is 6.34. The molecule has 31 heavy (non-hydrogen) atoms. The third-order valence-electron chi connectivity index (χ3n) is 4.63. The Labute approximate surface area is 186 Å². The molecule has 3 aromatic rings. The second-order valence-corrected chi connectivity index (χ2v) is 8.06. The van der Waals surface area contributed by atoms with Crippen molar-refractivity contribution in [1.82, 2.24) is 4.98 Å².